The van der Waals surface area contributed by atoms with E-state index >= 15 is 0 Å². The molecule has 5 heteroatoms. The Balaban J connectivity index is 0.000000114. The molecule has 0 amide bonds. The quantitative estimate of drug-likeness (QED) is 0.142. The first kappa shape index (κ1) is 94.9. The highest BCUT2D eigenvalue weighted by Gasteiger charge is 2.16. The molecule has 23 aromatic carbocycles. The zero-order valence-electron chi connectivity index (χ0n) is 79.8. The van der Waals surface area contributed by atoms with Gasteiger partial charge in [-0.05, 0) is 189 Å². The second-order valence-corrected chi connectivity index (χ2v) is 37.5. The summed E-state index contributed by atoms with van der Waals surface area (Å²) in [6.45, 7) is 26.2. The predicted molar refractivity (Wildman–Crippen MR) is 622 cm³/mol. The van der Waals surface area contributed by atoms with E-state index < -0.39 is 0 Å². The normalized spacial score (nSPS) is 10.7. The van der Waals surface area contributed by atoms with Gasteiger partial charge in [-0.15, -0.1) is 56.7 Å². The maximum Gasteiger partial charge on any atom is 0.0434 e. The van der Waals surface area contributed by atoms with Crippen molar-refractivity contribution in [3.8, 4) is 0 Å². The van der Waals surface area contributed by atoms with Crippen molar-refractivity contribution in [1.29, 1.82) is 0 Å². The minimum absolute atomic E-state index is 1.32. The lowest BCUT2D eigenvalue weighted by Crippen LogP contribution is -1.75. The van der Waals surface area contributed by atoms with Gasteiger partial charge in [-0.25, -0.2) is 0 Å². The fraction of sp³-hybridized carbons (Fsp3) is 0.0992. The molecule has 28 aromatic rings. The molecule has 0 atom stereocenters. The zero-order chi connectivity index (χ0) is 94.4. The molecular weight excluding hydrogens is 1730 g/mol. The number of aryl methyl sites for hydroxylation is 3. The van der Waals surface area contributed by atoms with E-state index in [4.69, 9.17) is 0 Å². The Bertz CT molecular complexity index is 8130. The van der Waals surface area contributed by atoms with Crippen molar-refractivity contribution in [2.45, 2.75) is 90.0 Å². The van der Waals surface area contributed by atoms with E-state index in [1.54, 1.807) is 0 Å². The van der Waals surface area contributed by atoms with E-state index in [1.807, 2.05) is 181 Å². The van der Waals surface area contributed by atoms with E-state index in [0.717, 1.165) is 0 Å². The number of benzene rings is 23. The van der Waals surface area contributed by atoms with Crippen LogP contribution in [0.1, 0.15) is 85.9 Å². The van der Waals surface area contributed by atoms with Gasteiger partial charge in [-0.3, -0.25) is 0 Å². The van der Waals surface area contributed by atoms with Crippen LogP contribution in [0, 0.1) is 20.8 Å². The first-order valence-electron chi connectivity index (χ1n) is 47.9. The van der Waals surface area contributed by atoms with Crippen molar-refractivity contribution in [2.75, 3.05) is 0 Å². The smallest absolute Gasteiger partial charge is 0.0434 e. The first-order valence-corrected chi connectivity index (χ1v) is 52.0. The minimum atomic E-state index is 1.32. The molecule has 0 saturated heterocycles. The van der Waals surface area contributed by atoms with Gasteiger partial charge in [0.15, 0.2) is 0 Å². The van der Waals surface area contributed by atoms with Crippen LogP contribution in [0.4, 0.5) is 0 Å². The third-order valence-corrected chi connectivity index (χ3v) is 29.9. The molecule has 136 heavy (non-hydrogen) atoms. The fourth-order valence-corrected chi connectivity index (χ4v) is 23.9. The van der Waals surface area contributed by atoms with Crippen molar-refractivity contribution < 1.29 is 0 Å². The Kier molecular flexibility index (Phi) is 31.9. The van der Waals surface area contributed by atoms with E-state index in [2.05, 4.69) is 421 Å². The van der Waals surface area contributed by atoms with E-state index in [1.165, 1.54) is 225 Å². The van der Waals surface area contributed by atoms with E-state index in [9.17, 15) is 0 Å². The van der Waals surface area contributed by atoms with Crippen LogP contribution in [0.25, 0.3) is 209 Å². The highest BCUT2D eigenvalue weighted by Crippen LogP contribution is 2.47. The molecule has 0 aliphatic rings. The van der Waals surface area contributed by atoms with Crippen molar-refractivity contribution >= 4 is 265 Å². The molecule has 5 heterocycles. The summed E-state index contributed by atoms with van der Waals surface area (Å²) in [6.07, 6.45) is 0. The molecule has 5 aromatic heterocycles. The van der Waals surface area contributed by atoms with Crippen LogP contribution in [-0.2, 0) is 0 Å². The van der Waals surface area contributed by atoms with Gasteiger partial charge in [0.25, 0.3) is 0 Å². The van der Waals surface area contributed by atoms with Crippen LogP contribution in [0.3, 0.4) is 0 Å². The Labute approximate surface area is 819 Å². The number of rotatable bonds is 0. The molecule has 0 nitrogen and oxygen atoms in total. The standard InChI is InChI=1S/5C20H12S.3C7H8.5C2H6/c1-3-7-15-11-19-17(9-13(15)5-1)18-10-14-6-2-4-8-16(14)12-20(18)21-19;2*1-3-7-15-13(5-1)9-11-17-18-12-10-14-6-2-4-8-16(14)20(18)21-19(15)17;2*1-2-7-15-12-19-17(11-14(15)6-1)20-16-8-4-3-5-13(16)9-10-18(20)21-19;3*1-7-5-3-2-4-6-7;5*1-2/h5*1-12H;3*2-6H,1H3;5*1-2H3. The van der Waals surface area contributed by atoms with E-state index in [0.29, 0.717) is 0 Å². The summed E-state index contributed by atoms with van der Waals surface area (Å²) in [7, 11) is 0. The number of hydrogen-bond acceptors (Lipinski definition) is 5. The monoisotopic (exact) mass is 1850 g/mol. The van der Waals surface area contributed by atoms with Crippen molar-refractivity contribution in [1.82, 2.24) is 0 Å². The number of fused-ring (bicyclic) bond motifs is 31. The summed E-state index contributed by atoms with van der Waals surface area (Å²) >= 11 is 9.52. The van der Waals surface area contributed by atoms with Crippen LogP contribution in [-0.4, -0.2) is 0 Å². The summed E-state index contributed by atoms with van der Waals surface area (Å²) in [5.41, 5.74) is 3.97. The summed E-state index contributed by atoms with van der Waals surface area (Å²) in [5, 5.41) is 40.4. The van der Waals surface area contributed by atoms with Gasteiger partial charge in [0, 0.05) is 101 Å². The molecule has 668 valence electrons. The summed E-state index contributed by atoms with van der Waals surface area (Å²) < 4.78 is 13.9. The average molecular weight is 1850 g/mol. The SMILES string of the molecule is CC.CC.CC.CC.CC.Cc1ccccc1.Cc1ccccc1.Cc1ccccc1.c1ccc2c(c1)ccc1c3ccc4ccccc4c3sc21.c1ccc2c(c1)ccc1c3ccc4ccccc4c3sc21.c1ccc2cc3c(cc2c1)sc1cc2ccccc2cc13.c1ccc2cc3c(cc2c1)sc1ccc2ccccc2c13.c1ccc2cc3c(cc2c1)sc1ccc2ccccc2c13. The molecule has 0 bridgehead atoms. The summed E-state index contributed by atoms with van der Waals surface area (Å²) in [6, 6.07) is 163. The first-order chi connectivity index (χ1) is 67.2. The van der Waals surface area contributed by atoms with Crippen LogP contribution >= 0.6 is 56.7 Å². The lowest BCUT2D eigenvalue weighted by molar-refractivity contribution is 1.48. The lowest BCUT2D eigenvalue weighted by Gasteiger charge is -2.01. The van der Waals surface area contributed by atoms with Crippen molar-refractivity contribution in [2.24, 2.45) is 0 Å². The van der Waals surface area contributed by atoms with Crippen LogP contribution < -0.4 is 0 Å². The third kappa shape index (κ3) is 20.7. The second kappa shape index (κ2) is 45.7. The molecule has 0 aliphatic heterocycles. The van der Waals surface area contributed by atoms with Gasteiger partial charge in [0.2, 0.25) is 0 Å². The molecule has 0 N–H and O–H groups in total. The van der Waals surface area contributed by atoms with Crippen LogP contribution in [0.15, 0.2) is 455 Å². The summed E-state index contributed by atoms with van der Waals surface area (Å²) in [5.74, 6) is 0. The zero-order valence-corrected chi connectivity index (χ0v) is 83.9. The van der Waals surface area contributed by atoms with Crippen molar-refractivity contribution in [3.05, 3.63) is 472 Å². The number of thiophene rings is 5. The Morgan fingerprint density at radius 2 is 0.294 bits per heavy atom. The fourth-order valence-electron chi connectivity index (χ4n) is 17.7. The highest BCUT2D eigenvalue weighted by atomic mass is 32.1. The van der Waals surface area contributed by atoms with Crippen molar-refractivity contribution in [3.63, 3.8) is 0 Å². The Hall–Kier alpha value is -14.2. The largest absolute Gasteiger partial charge is 0.135 e. The predicted octanol–water partition coefficient (Wildman–Crippen LogP) is 42.9. The van der Waals surface area contributed by atoms with Crippen LogP contribution in [0.5, 0.6) is 0 Å². The van der Waals surface area contributed by atoms with Gasteiger partial charge in [0.1, 0.15) is 0 Å². The molecule has 28 rings (SSSR count). The summed E-state index contributed by atoms with van der Waals surface area (Å²) in [4.78, 5) is 0. The topological polar surface area (TPSA) is 0 Å². The van der Waals surface area contributed by atoms with Crippen LogP contribution in [0.2, 0.25) is 0 Å². The molecule has 0 spiro atoms. The maximum atomic E-state index is 2.34. The molecule has 0 saturated carbocycles. The van der Waals surface area contributed by atoms with Gasteiger partial charge in [-0.1, -0.05) is 480 Å². The van der Waals surface area contributed by atoms with Gasteiger partial charge >= 0.3 is 0 Å². The highest BCUT2D eigenvalue weighted by molar-refractivity contribution is 7.28. The average Bonchev–Trinajstić information content (AvgIpc) is 1.60. The molecule has 0 fully saturated rings. The van der Waals surface area contributed by atoms with Gasteiger partial charge in [-0.2, -0.15) is 0 Å². The Morgan fingerprint density at radius 1 is 0.118 bits per heavy atom. The molecular formula is C131H114S5. The number of hydrogen-bond donors (Lipinski definition) is 0. The van der Waals surface area contributed by atoms with Gasteiger partial charge in [0.05, 0.1) is 0 Å². The maximum absolute atomic E-state index is 2.34. The minimum Gasteiger partial charge on any atom is -0.135 e. The Morgan fingerprint density at radius 3 is 0.529 bits per heavy atom. The third-order valence-electron chi connectivity index (χ3n) is 24.0. The molecule has 0 aliphatic carbocycles. The van der Waals surface area contributed by atoms with E-state index in [-0.39, 0.29) is 0 Å². The second-order valence-electron chi connectivity index (χ2n) is 32.2. The molecule has 0 unspecified atom stereocenters. The van der Waals surface area contributed by atoms with Gasteiger partial charge < -0.3 is 0 Å². The lowest BCUT2D eigenvalue weighted by atomic mass is 10.0. The molecule has 0 radical (unpaired) electrons.